The van der Waals surface area contributed by atoms with Gasteiger partial charge < -0.3 is 15.6 Å². The number of hydrogen-bond acceptors (Lipinski definition) is 5. The van der Waals surface area contributed by atoms with E-state index in [9.17, 15) is 14.4 Å². The molecule has 0 bridgehead atoms. The van der Waals surface area contributed by atoms with Gasteiger partial charge in [0.15, 0.2) is 0 Å². The topological polar surface area (TPSA) is 107 Å². The molecule has 0 unspecified atom stereocenters. The van der Waals surface area contributed by atoms with Gasteiger partial charge in [0.1, 0.15) is 11.9 Å². The minimum Gasteiger partial charge on any atom is -0.346 e. The van der Waals surface area contributed by atoms with E-state index in [1.807, 2.05) is 36.6 Å². The highest BCUT2D eigenvalue weighted by Gasteiger charge is 2.38. The van der Waals surface area contributed by atoms with E-state index in [-0.39, 0.29) is 30.7 Å². The van der Waals surface area contributed by atoms with E-state index < -0.39 is 12.1 Å². The van der Waals surface area contributed by atoms with Gasteiger partial charge in [0.05, 0.1) is 22.8 Å². The van der Waals surface area contributed by atoms with Crippen molar-refractivity contribution in [1.29, 1.82) is 0 Å². The minimum atomic E-state index is -0.718. The number of carbonyl (C=O) groups is 3. The fourth-order valence-electron chi connectivity index (χ4n) is 3.74. The molecule has 0 radical (unpaired) electrons. The summed E-state index contributed by atoms with van der Waals surface area (Å²) >= 11 is 1.70. The number of thioether (sulfide) groups is 1. The molecule has 1 aliphatic heterocycles. The lowest BCUT2D eigenvalue weighted by molar-refractivity contribution is -0.122. The van der Waals surface area contributed by atoms with Gasteiger partial charge in [-0.3, -0.25) is 9.59 Å². The van der Waals surface area contributed by atoms with Gasteiger partial charge in [-0.2, -0.15) is 11.8 Å². The van der Waals surface area contributed by atoms with Crippen molar-refractivity contribution in [2.45, 2.75) is 31.3 Å². The summed E-state index contributed by atoms with van der Waals surface area (Å²) < 4.78 is 0. The molecule has 2 atom stereocenters. The molecule has 4 rings (SSSR count). The van der Waals surface area contributed by atoms with Crippen LogP contribution in [0, 0.1) is 0 Å². The van der Waals surface area contributed by atoms with Gasteiger partial charge in [0, 0.05) is 6.42 Å². The smallest absolute Gasteiger partial charge is 0.329 e. The Hall–Kier alpha value is -3.33. The van der Waals surface area contributed by atoms with Crippen LogP contribution in [0.5, 0.6) is 0 Å². The summed E-state index contributed by atoms with van der Waals surface area (Å²) in [6.07, 6.45) is 3.10. The van der Waals surface area contributed by atoms with Crippen LogP contribution in [0.1, 0.15) is 31.1 Å². The maximum atomic E-state index is 12.7. The summed E-state index contributed by atoms with van der Waals surface area (Å²) in [5, 5.41) is 5.72. The zero-order chi connectivity index (χ0) is 22.5. The monoisotopic (exact) mass is 451 g/mol. The summed E-state index contributed by atoms with van der Waals surface area (Å²) in [4.78, 5) is 46.7. The number of imidazole rings is 1. The second kappa shape index (κ2) is 9.86. The van der Waals surface area contributed by atoms with Crippen LogP contribution in [0.3, 0.4) is 0 Å². The largest absolute Gasteiger partial charge is 0.346 e. The average molecular weight is 452 g/mol. The first-order valence-electron chi connectivity index (χ1n) is 10.5. The van der Waals surface area contributed by atoms with E-state index in [1.165, 1.54) is 0 Å². The van der Waals surface area contributed by atoms with E-state index in [2.05, 4.69) is 20.6 Å². The highest BCUT2D eigenvalue weighted by Crippen LogP contribution is 2.22. The van der Waals surface area contributed by atoms with Crippen LogP contribution in [0.2, 0.25) is 0 Å². The molecule has 4 amide bonds. The molecule has 8 nitrogen and oxygen atoms in total. The molecular formula is C23H25N5O3S. The molecule has 9 heteroatoms. The third-order valence-corrected chi connectivity index (χ3v) is 6.02. The number of urea groups is 1. The number of carbonyl (C=O) groups excluding carboxylic acids is 3. The van der Waals surface area contributed by atoms with Crippen molar-refractivity contribution >= 4 is 46.3 Å². The standard InChI is InChI=1S/C23H25N5O3S/c1-32-14-13-18(21-25-16-9-5-6-10-17(16)26-21)24-20(29)12-11-19-22(30)28(23(31)27-19)15-7-3-2-4-8-15/h2-10,18-19H,11-14H2,1H3,(H,24,29)(H,25,26)(H,27,31)/t18-,19+/m1/s1. The van der Waals surface area contributed by atoms with Crippen LogP contribution < -0.4 is 15.5 Å². The van der Waals surface area contributed by atoms with E-state index in [4.69, 9.17) is 0 Å². The predicted molar refractivity (Wildman–Crippen MR) is 125 cm³/mol. The van der Waals surface area contributed by atoms with Gasteiger partial charge in [-0.05, 0) is 49.1 Å². The molecule has 0 saturated carbocycles. The van der Waals surface area contributed by atoms with Crippen LogP contribution in [0.25, 0.3) is 11.0 Å². The summed E-state index contributed by atoms with van der Waals surface area (Å²) in [6.45, 7) is 0. The Labute approximate surface area is 190 Å². The van der Waals surface area contributed by atoms with Crippen molar-refractivity contribution < 1.29 is 14.4 Å². The number of anilines is 1. The van der Waals surface area contributed by atoms with Crippen molar-refractivity contribution in [2.75, 3.05) is 16.9 Å². The molecule has 2 heterocycles. The van der Waals surface area contributed by atoms with Crippen molar-refractivity contribution in [1.82, 2.24) is 20.6 Å². The first kappa shape index (κ1) is 21.9. The number of aromatic amines is 1. The Bertz CT molecular complexity index is 1080. The maximum Gasteiger partial charge on any atom is 0.329 e. The molecule has 166 valence electrons. The van der Waals surface area contributed by atoms with Gasteiger partial charge in [0.25, 0.3) is 5.91 Å². The van der Waals surface area contributed by atoms with Gasteiger partial charge in [-0.25, -0.2) is 14.7 Å². The van der Waals surface area contributed by atoms with Crippen LogP contribution in [0.4, 0.5) is 10.5 Å². The second-order valence-corrected chi connectivity index (χ2v) is 8.58. The average Bonchev–Trinajstić information content (AvgIpc) is 3.36. The number of nitrogens with one attached hydrogen (secondary N) is 3. The van der Waals surface area contributed by atoms with Gasteiger partial charge >= 0.3 is 6.03 Å². The predicted octanol–water partition coefficient (Wildman–Crippen LogP) is 3.38. The van der Waals surface area contributed by atoms with Gasteiger partial charge in [0.2, 0.25) is 5.91 Å². The highest BCUT2D eigenvalue weighted by molar-refractivity contribution is 7.98. The third-order valence-electron chi connectivity index (χ3n) is 5.38. The molecular weight excluding hydrogens is 426 g/mol. The number of aromatic nitrogens is 2. The number of amides is 4. The number of benzene rings is 2. The van der Waals surface area contributed by atoms with Crippen LogP contribution >= 0.6 is 11.8 Å². The Morgan fingerprint density at radius 1 is 1.16 bits per heavy atom. The van der Waals surface area contributed by atoms with E-state index in [0.29, 0.717) is 11.5 Å². The Morgan fingerprint density at radius 3 is 2.66 bits per heavy atom. The van der Waals surface area contributed by atoms with Crippen molar-refractivity contribution in [2.24, 2.45) is 0 Å². The molecule has 3 aromatic rings. The summed E-state index contributed by atoms with van der Waals surface area (Å²) in [6, 6.07) is 15.1. The SMILES string of the molecule is CSCC[C@@H](NC(=O)CC[C@@H]1NC(=O)N(c2ccccc2)C1=O)c1nc2ccccc2[nH]1. The Kier molecular flexibility index (Phi) is 6.75. The fraction of sp³-hybridized carbons (Fsp3) is 0.304. The normalized spacial score (nSPS) is 16.9. The first-order chi connectivity index (χ1) is 15.6. The molecule has 1 aromatic heterocycles. The highest BCUT2D eigenvalue weighted by atomic mass is 32.2. The van der Waals surface area contributed by atoms with Gasteiger partial charge in [-0.1, -0.05) is 30.3 Å². The van der Waals surface area contributed by atoms with Crippen LogP contribution in [0.15, 0.2) is 54.6 Å². The number of para-hydroxylation sites is 3. The first-order valence-corrected chi connectivity index (χ1v) is 11.9. The van der Waals surface area contributed by atoms with Gasteiger partial charge in [-0.15, -0.1) is 0 Å². The van der Waals surface area contributed by atoms with Crippen molar-refractivity contribution in [3.63, 3.8) is 0 Å². The summed E-state index contributed by atoms with van der Waals surface area (Å²) in [7, 11) is 0. The molecule has 0 aliphatic carbocycles. The summed E-state index contributed by atoms with van der Waals surface area (Å²) in [5.41, 5.74) is 2.29. The van der Waals surface area contributed by atoms with Crippen LogP contribution in [-0.4, -0.2) is 45.9 Å². The lowest BCUT2D eigenvalue weighted by atomic mass is 10.1. The zero-order valence-electron chi connectivity index (χ0n) is 17.7. The number of imide groups is 1. The second-order valence-electron chi connectivity index (χ2n) is 7.59. The third kappa shape index (κ3) is 4.77. The van der Waals surface area contributed by atoms with Crippen LogP contribution in [-0.2, 0) is 9.59 Å². The number of hydrogen-bond donors (Lipinski definition) is 3. The number of fused-ring (bicyclic) bond motifs is 1. The fourth-order valence-corrected chi connectivity index (χ4v) is 4.21. The molecule has 1 aliphatic rings. The summed E-state index contributed by atoms with van der Waals surface area (Å²) in [5.74, 6) is 1.06. The zero-order valence-corrected chi connectivity index (χ0v) is 18.5. The molecule has 2 aromatic carbocycles. The molecule has 1 fully saturated rings. The molecule has 1 saturated heterocycles. The number of nitrogens with zero attached hydrogens (tertiary/aromatic N) is 2. The Balaban J connectivity index is 1.38. The maximum absolute atomic E-state index is 12.7. The minimum absolute atomic E-state index is 0.120. The molecule has 0 spiro atoms. The van der Waals surface area contributed by atoms with Crippen molar-refractivity contribution in [3.8, 4) is 0 Å². The molecule has 3 N–H and O–H groups in total. The lowest BCUT2D eigenvalue weighted by Crippen LogP contribution is -2.34. The number of rotatable bonds is 9. The van der Waals surface area contributed by atoms with E-state index >= 15 is 0 Å². The van der Waals surface area contributed by atoms with E-state index in [1.54, 1.807) is 36.0 Å². The Morgan fingerprint density at radius 2 is 1.91 bits per heavy atom. The molecule has 32 heavy (non-hydrogen) atoms. The van der Waals surface area contributed by atoms with Crippen molar-refractivity contribution in [3.05, 3.63) is 60.4 Å². The number of H-pyrrole nitrogens is 1. The van der Waals surface area contributed by atoms with E-state index in [0.717, 1.165) is 28.1 Å². The quantitative estimate of drug-likeness (QED) is 0.433. The lowest BCUT2D eigenvalue weighted by Gasteiger charge is -2.17.